The van der Waals surface area contributed by atoms with E-state index in [2.05, 4.69) is 10.1 Å². The molecule has 1 aliphatic heterocycles. The van der Waals surface area contributed by atoms with E-state index in [1.54, 1.807) is 38.1 Å². The van der Waals surface area contributed by atoms with Gasteiger partial charge in [0.2, 0.25) is 6.93 Å². The lowest BCUT2D eigenvalue weighted by Crippen LogP contribution is -2.29. The SMILES string of the molecule is CC(C)OC(=O)CNP(OCC1OC(n2ccc(N)nc2=O)CC1F)Oc1ccccc1.FCF. The lowest BCUT2D eigenvalue weighted by atomic mass is 10.2. The Morgan fingerprint density at radius 3 is 2.63 bits per heavy atom. The number of para-hydroxylation sites is 1. The number of rotatable bonds is 10. The van der Waals surface area contributed by atoms with Crippen LogP contribution in [-0.4, -0.2) is 54.0 Å². The first-order valence-electron chi connectivity index (χ1n) is 10.6. The summed E-state index contributed by atoms with van der Waals surface area (Å²) in [7, 11) is -1.80. The van der Waals surface area contributed by atoms with Crippen LogP contribution in [0.5, 0.6) is 5.75 Å². The number of anilines is 1. The molecule has 4 atom stereocenters. The molecule has 2 aromatic rings. The predicted octanol–water partition coefficient (Wildman–Crippen LogP) is 3.20. The minimum Gasteiger partial charge on any atom is -0.462 e. The Bertz CT molecular complexity index is 972. The number of alkyl halides is 3. The second-order valence-electron chi connectivity index (χ2n) is 7.35. The first-order valence-corrected chi connectivity index (χ1v) is 11.8. The third-order valence-corrected chi connectivity index (χ3v) is 5.51. The number of benzene rings is 1. The molecule has 0 aliphatic carbocycles. The van der Waals surface area contributed by atoms with Gasteiger partial charge in [-0.15, -0.1) is 0 Å². The normalized spacial score (nSPS) is 20.1. The molecule has 14 heteroatoms. The molecule has 0 bridgehead atoms. The van der Waals surface area contributed by atoms with Crippen molar-refractivity contribution >= 4 is 20.3 Å². The van der Waals surface area contributed by atoms with Crippen LogP contribution in [0.3, 0.4) is 0 Å². The van der Waals surface area contributed by atoms with Gasteiger partial charge in [0.05, 0.1) is 12.7 Å². The number of nitrogen functional groups attached to an aromatic ring is 1. The van der Waals surface area contributed by atoms with Crippen LogP contribution >= 0.6 is 8.53 Å². The molecule has 3 N–H and O–H groups in total. The van der Waals surface area contributed by atoms with E-state index in [4.69, 9.17) is 24.3 Å². The molecule has 1 aromatic heterocycles. The maximum Gasteiger partial charge on any atom is 0.351 e. The van der Waals surface area contributed by atoms with Gasteiger partial charge in [0.25, 0.3) is 0 Å². The highest BCUT2D eigenvalue weighted by Gasteiger charge is 2.38. The molecule has 0 amide bonds. The van der Waals surface area contributed by atoms with Crippen molar-refractivity contribution in [3.05, 3.63) is 53.1 Å². The molecule has 0 saturated carbocycles. The van der Waals surface area contributed by atoms with E-state index < -0.39 is 45.6 Å². The van der Waals surface area contributed by atoms with Gasteiger partial charge in [-0.1, -0.05) is 18.2 Å². The first-order chi connectivity index (χ1) is 16.7. The molecule has 0 spiro atoms. The molecule has 0 radical (unpaired) electrons. The number of esters is 1. The van der Waals surface area contributed by atoms with Gasteiger partial charge in [-0.25, -0.2) is 23.1 Å². The van der Waals surface area contributed by atoms with Crippen LogP contribution in [0.1, 0.15) is 26.5 Å². The van der Waals surface area contributed by atoms with Crippen molar-refractivity contribution < 1.29 is 36.5 Å². The third-order valence-electron chi connectivity index (χ3n) is 4.33. The monoisotopic (exact) mass is 520 g/mol. The van der Waals surface area contributed by atoms with Crippen LogP contribution in [0, 0.1) is 0 Å². The van der Waals surface area contributed by atoms with Crippen LogP contribution in [-0.2, 0) is 18.8 Å². The maximum absolute atomic E-state index is 14.6. The Balaban J connectivity index is 0.00000137. The standard InChI is InChI=1S/C20H26FN4O6P.CH2F2/c1-13(2)29-19(26)11-23-32(31-14-6-4-3-5-7-14)28-12-16-15(21)10-18(30-16)25-9-8-17(22)24-20(25)27;2-1-3/h3-9,13,15-16,18,23H,10-12H2,1-2H3,(H2,22,24,27);1H2. The predicted molar refractivity (Wildman–Crippen MR) is 123 cm³/mol. The molecule has 4 unspecified atom stereocenters. The molecule has 1 aliphatic rings. The summed E-state index contributed by atoms with van der Waals surface area (Å²) in [5.41, 5.74) is 4.87. The van der Waals surface area contributed by atoms with Crippen LogP contribution in [0.4, 0.5) is 19.0 Å². The number of halogens is 3. The van der Waals surface area contributed by atoms with Gasteiger partial charge in [-0.3, -0.25) is 9.36 Å². The zero-order chi connectivity index (χ0) is 25.8. The molecule has 10 nitrogen and oxygen atoms in total. The molecular weight excluding hydrogens is 492 g/mol. The van der Waals surface area contributed by atoms with Gasteiger partial charge < -0.3 is 24.3 Å². The highest BCUT2D eigenvalue weighted by atomic mass is 31.2. The highest BCUT2D eigenvalue weighted by Crippen LogP contribution is 2.38. The minimum atomic E-state index is -1.80. The topological polar surface area (TPSA) is 127 Å². The van der Waals surface area contributed by atoms with Crippen molar-refractivity contribution in [1.82, 2.24) is 14.6 Å². The average molecular weight is 520 g/mol. The van der Waals surface area contributed by atoms with Gasteiger partial charge in [-0.2, -0.15) is 4.98 Å². The van der Waals surface area contributed by atoms with Crippen LogP contribution in [0.2, 0.25) is 0 Å². The second kappa shape index (κ2) is 14.6. The number of carbonyl (C=O) groups is 1. The minimum absolute atomic E-state index is 0.0366. The van der Waals surface area contributed by atoms with Crippen molar-refractivity contribution in [3.8, 4) is 5.75 Å². The molecule has 35 heavy (non-hydrogen) atoms. The number of hydrogen-bond acceptors (Lipinski definition) is 9. The number of aromatic nitrogens is 2. The van der Waals surface area contributed by atoms with E-state index in [9.17, 15) is 22.8 Å². The summed E-state index contributed by atoms with van der Waals surface area (Å²) >= 11 is 0. The molecule has 194 valence electrons. The number of nitrogens with two attached hydrogens (primary N) is 1. The molecule has 3 rings (SSSR count). The fourth-order valence-electron chi connectivity index (χ4n) is 2.91. The number of nitrogens with one attached hydrogen (secondary N) is 1. The van der Waals surface area contributed by atoms with Crippen LogP contribution < -0.4 is 21.0 Å². The lowest BCUT2D eigenvalue weighted by molar-refractivity contribution is -0.145. The zero-order valence-electron chi connectivity index (χ0n) is 19.2. The summed E-state index contributed by atoms with van der Waals surface area (Å²) in [6.07, 6.45) is -2.01. The van der Waals surface area contributed by atoms with Crippen molar-refractivity contribution in [2.75, 3.05) is 25.8 Å². The second-order valence-corrected chi connectivity index (χ2v) is 8.63. The summed E-state index contributed by atoms with van der Waals surface area (Å²) in [5, 5.41) is 2.86. The third kappa shape index (κ3) is 9.81. The van der Waals surface area contributed by atoms with Crippen molar-refractivity contribution in [3.63, 3.8) is 0 Å². The number of hydrogen-bond donors (Lipinski definition) is 2. The smallest absolute Gasteiger partial charge is 0.351 e. The number of nitrogens with zero attached hydrogens (tertiary/aromatic N) is 2. The van der Waals surface area contributed by atoms with E-state index in [-0.39, 0.29) is 31.5 Å². The molecule has 2 heterocycles. The largest absolute Gasteiger partial charge is 0.462 e. The van der Waals surface area contributed by atoms with Gasteiger partial charge in [0.15, 0.2) is 0 Å². The Labute approximate surface area is 201 Å². The fraction of sp³-hybridized carbons (Fsp3) is 0.476. The van der Waals surface area contributed by atoms with Crippen molar-refractivity contribution in [2.45, 2.75) is 44.9 Å². The number of carbonyl (C=O) groups excluding carboxylic acids is 1. The zero-order valence-corrected chi connectivity index (χ0v) is 20.1. The van der Waals surface area contributed by atoms with Crippen molar-refractivity contribution in [1.29, 1.82) is 0 Å². The lowest BCUT2D eigenvalue weighted by Gasteiger charge is -2.21. The van der Waals surface area contributed by atoms with Gasteiger partial charge in [0, 0.05) is 12.6 Å². The average Bonchev–Trinajstić information content (AvgIpc) is 3.16. The van der Waals surface area contributed by atoms with Crippen LogP contribution in [0.25, 0.3) is 0 Å². The van der Waals surface area contributed by atoms with E-state index >= 15 is 0 Å². The quantitative estimate of drug-likeness (QED) is 0.359. The van der Waals surface area contributed by atoms with Gasteiger partial charge in [-0.05, 0) is 32.0 Å². The maximum atomic E-state index is 14.6. The summed E-state index contributed by atoms with van der Waals surface area (Å²) in [6, 6.07) is 10.3. The van der Waals surface area contributed by atoms with E-state index in [0.717, 1.165) is 0 Å². The Morgan fingerprint density at radius 1 is 1.31 bits per heavy atom. The van der Waals surface area contributed by atoms with E-state index in [1.165, 1.54) is 16.8 Å². The molecule has 1 saturated heterocycles. The molecular formula is C21H28F3N4O6P. The fourth-order valence-corrected chi connectivity index (χ4v) is 3.97. The molecule has 1 fully saturated rings. The van der Waals surface area contributed by atoms with Crippen molar-refractivity contribution in [2.24, 2.45) is 0 Å². The Kier molecular flexibility index (Phi) is 11.9. The summed E-state index contributed by atoms with van der Waals surface area (Å²) in [4.78, 5) is 27.5. The van der Waals surface area contributed by atoms with E-state index in [0.29, 0.717) is 5.75 Å². The van der Waals surface area contributed by atoms with E-state index in [1.807, 2.05) is 6.07 Å². The first kappa shape index (κ1) is 28.5. The van der Waals surface area contributed by atoms with Gasteiger partial charge in [0.1, 0.15) is 36.6 Å². The highest BCUT2D eigenvalue weighted by molar-refractivity contribution is 7.45. The Hall–Kier alpha value is -2.73. The molecule has 1 aromatic carbocycles. The summed E-state index contributed by atoms with van der Waals surface area (Å²) in [6.45, 7) is 1.44. The van der Waals surface area contributed by atoms with Gasteiger partial charge >= 0.3 is 20.2 Å². The van der Waals surface area contributed by atoms with Crippen LogP contribution in [0.15, 0.2) is 47.4 Å². The Morgan fingerprint density at radius 2 is 2.00 bits per heavy atom. The summed E-state index contributed by atoms with van der Waals surface area (Å²) < 4.78 is 57.3. The number of ether oxygens (including phenoxy) is 2. The summed E-state index contributed by atoms with van der Waals surface area (Å²) in [5.74, 6) is 0.125.